The fourth-order valence-corrected chi connectivity index (χ4v) is 3.80. The molecule has 1 aliphatic carbocycles. The first-order valence-electron chi connectivity index (χ1n) is 7.32. The zero-order valence-corrected chi connectivity index (χ0v) is 13.1. The number of para-hydroxylation sites is 1. The summed E-state index contributed by atoms with van der Waals surface area (Å²) >= 11 is 1.97. The van der Waals surface area contributed by atoms with E-state index in [1.54, 1.807) is 6.92 Å². The van der Waals surface area contributed by atoms with E-state index in [9.17, 15) is 4.79 Å². The third kappa shape index (κ3) is 4.25. The minimum atomic E-state index is -0.0166. The largest absolute Gasteiger partial charge is 0.326 e. The quantitative estimate of drug-likeness (QED) is 0.874. The molecule has 0 saturated heterocycles. The molecule has 0 aliphatic heterocycles. The van der Waals surface area contributed by atoms with E-state index in [4.69, 9.17) is 0 Å². The van der Waals surface area contributed by atoms with Crippen molar-refractivity contribution in [2.24, 2.45) is 0 Å². The van der Waals surface area contributed by atoms with Gasteiger partial charge in [-0.15, -0.1) is 0 Å². The fourth-order valence-electron chi connectivity index (χ4n) is 2.84. The molecule has 110 valence electrons. The Morgan fingerprint density at radius 3 is 2.80 bits per heavy atom. The number of carbonyl (C=O) groups is 1. The maximum absolute atomic E-state index is 11.2. The predicted molar refractivity (Wildman–Crippen MR) is 87.1 cm³/mol. The second-order valence-corrected chi connectivity index (χ2v) is 6.46. The molecule has 2 rings (SSSR count). The molecule has 0 aromatic heterocycles. The van der Waals surface area contributed by atoms with E-state index in [0.29, 0.717) is 6.04 Å². The van der Waals surface area contributed by atoms with Gasteiger partial charge in [0.25, 0.3) is 0 Å². The number of hydrogen-bond acceptors (Lipinski definition) is 3. The Kier molecular flexibility index (Phi) is 5.92. The number of nitrogens with one attached hydrogen (secondary N) is 2. The number of thioether (sulfide) groups is 1. The normalized spacial score (nSPS) is 22.5. The Balaban J connectivity index is 1.97. The van der Waals surface area contributed by atoms with Crippen molar-refractivity contribution >= 4 is 23.4 Å². The van der Waals surface area contributed by atoms with Crippen LogP contribution in [0.5, 0.6) is 0 Å². The fraction of sp³-hybridized carbons (Fsp3) is 0.562. The summed E-state index contributed by atoms with van der Waals surface area (Å²) in [6, 6.07) is 8.61. The van der Waals surface area contributed by atoms with Crippen LogP contribution in [0.2, 0.25) is 0 Å². The van der Waals surface area contributed by atoms with Gasteiger partial charge in [0.2, 0.25) is 5.91 Å². The van der Waals surface area contributed by atoms with E-state index in [0.717, 1.165) is 23.0 Å². The minimum absolute atomic E-state index is 0.0166. The van der Waals surface area contributed by atoms with Crippen molar-refractivity contribution in [1.29, 1.82) is 0 Å². The molecule has 1 aromatic rings. The van der Waals surface area contributed by atoms with Crippen LogP contribution in [0.15, 0.2) is 24.3 Å². The monoisotopic (exact) mass is 292 g/mol. The van der Waals surface area contributed by atoms with Crippen LogP contribution in [0.25, 0.3) is 0 Å². The smallest absolute Gasteiger partial charge is 0.221 e. The van der Waals surface area contributed by atoms with Gasteiger partial charge in [-0.1, -0.05) is 31.0 Å². The first-order valence-corrected chi connectivity index (χ1v) is 8.61. The molecule has 1 amide bonds. The lowest BCUT2D eigenvalue weighted by atomic mass is 9.94. The lowest BCUT2D eigenvalue weighted by molar-refractivity contribution is -0.114. The van der Waals surface area contributed by atoms with Gasteiger partial charge in [0.05, 0.1) is 0 Å². The van der Waals surface area contributed by atoms with Gasteiger partial charge >= 0.3 is 0 Å². The Morgan fingerprint density at radius 1 is 1.30 bits per heavy atom. The second kappa shape index (κ2) is 7.70. The highest BCUT2D eigenvalue weighted by molar-refractivity contribution is 7.99. The Morgan fingerprint density at radius 2 is 2.05 bits per heavy atom. The summed E-state index contributed by atoms with van der Waals surface area (Å²) in [5.41, 5.74) is 2.08. The van der Waals surface area contributed by atoms with Crippen molar-refractivity contribution in [2.75, 3.05) is 11.6 Å². The Hall–Kier alpha value is -1.00. The van der Waals surface area contributed by atoms with Crippen molar-refractivity contribution in [1.82, 2.24) is 5.32 Å². The zero-order chi connectivity index (χ0) is 14.4. The van der Waals surface area contributed by atoms with Crippen LogP contribution in [0, 0.1) is 0 Å². The lowest BCUT2D eigenvalue weighted by Crippen LogP contribution is -2.40. The van der Waals surface area contributed by atoms with Gasteiger partial charge in [0.1, 0.15) is 0 Å². The molecular formula is C16H24N2OS. The highest BCUT2D eigenvalue weighted by Crippen LogP contribution is 2.27. The van der Waals surface area contributed by atoms with Crippen molar-refractivity contribution in [3.8, 4) is 0 Å². The van der Waals surface area contributed by atoms with E-state index >= 15 is 0 Å². The number of rotatable bonds is 5. The molecule has 0 spiro atoms. The van der Waals surface area contributed by atoms with Gasteiger partial charge in [-0.05, 0) is 30.7 Å². The summed E-state index contributed by atoms with van der Waals surface area (Å²) in [6.07, 6.45) is 7.45. The standard InChI is InChI=1S/C16H24N2OS/c1-12(19)18-14-8-4-3-7-13(14)11-17-15-9-5-6-10-16(15)20-2/h3-4,7-8,15-17H,5-6,9-11H2,1-2H3,(H,18,19). The summed E-state index contributed by atoms with van der Waals surface area (Å²) in [5.74, 6) is -0.0166. The van der Waals surface area contributed by atoms with Crippen LogP contribution in [0.1, 0.15) is 38.2 Å². The Bertz CT molecular complexity index is 450. The van der Waals surface area contributed by atoms with Crippen LogP contribution >= 0.6 is 11.8 Å². The molecule has 2 atom stereocenters. The maximum atomic E-state index is 11.2. The van der Waals surface area contributed by atoms with E-state index in [2.05, 4.69) is 23.0 Å². The number of hydrogen-bond donors (Lipinski definition) is 2. The summed E-state index contributed by atoms with van der Waals surface area (Å²) in [7, 11) is 0. The SMILES string of the molecule is CSC1CCCCC1NCc1ccccc1NC(C)=O. The van der Waals surface area contributed by atoms with Crippen LogP contribution in [-0.4, -0.2) is 23.5 Å². The molecule has 4 heteroatoms. The zero-order valence-electron chi connectivity index (χ0n) is 12.3. The van der Waals surface area contributed by atoms with Crippen LogP contribution in [0.4, 0.5) is 5.69 Å². The van der Waals surface area contributed by atoms with Gasteiger partial charge in [0.15, 0.2) is 0 Å². The van der Waals surface area contributed by atoms with E-state index in [-0.39, 0.29) is 5.91 Å². The third-order valence-electron chi connectivity index (χ3n) is 3.89. The molecule has 3 nitrogen and oxygen atoms in total. The van der Waals surface area contributed by atoms with Crippen molar-refractivity contribution in [3.05, 3.63) is 29.8 Å². The second-order valence-electron chi connectivity index (χ2n) is 5.38. The Labute approximate surface area is 125 Å². The maximum Gasteiger partial charge on any atom is 0.221 e. The van der Waals surface area contributed by atoms with Gasteiger partial charge in [-0.2, -0.15) is 11.8 Å². The molecule has 20 heavy (non-hydrogen) atoms. The van der Waals surface area contributed by atoms with E-state index < -0.39 is 0 Å². The number of amides is 1. The highest BCUT2D eigenvalue weighted by Gasteiger charge is 2.23. The number of carbonyl (C=O) groups excluding carboxylic acids is 1. The first-order chi connectivity index (χ1) is 9.70. The molecule has 0 heterocycles. The first kappa shape index (κ1) is 15.4. The molecule has 1 aliphatic rings. The third-order valence-corrected chi connectivity index (χ3v) is 5.06. The topological polar surface area (TPSA) is 41.1 Å². The average Bonchev–Trinajstić information content (AvgIpc) is 2.46. The van der Waals surface area contributed by atoms with Crippen molar-refractivity contribution in [3.63, 3.8) is 0 Å². The van der Waals surface area contributed by atoms with Gasteiger partial charge in [0, 0.05) is 30.4 Å². The van der Waals surface area contributed by atoms with Crippen LogP contribution in [-0.2, 0) is 11.3 Å². The number of benzene rings is 1. The molecule has 1 saturated carbocycles. The van der Waals surface area contributed by atoms with E-state index in [1.807, 2.05) is 30.0 Å². The van der Waals surface area contributed by atoms with Crippen LogP contribution in [0.3, 0.4) is 0 Å². The van der Waals surface area contributed by atoms with Crippen LogP contribution < -0.4 is 10.6 Å². The average molecular weight is 292 g/mol. The summed E-state index contributed by atoms with van der Waals surface area (Å²) in [6.45, 7) is 2.37. The summed E-state index contributed by atoms with van der Waals surface area (Å²) < 4.78 is 0. The minimum Gasteiger partial charge on any atom is -0.326 e. The summed E-state index contributed by atoms with van der Waals surface area (Å²) in [4.78, 5) is 11.2. The molecule has 1 aromatic carbocycles. The molecular weight excluding hydrogens is 268 g/mol. The lowest BCUT2D eigenvalue weighted by Gasteiger charge is -2.31. The van der Waals surface area contributed by atoms with Crippen molar-refractivity contribution in [2.45, 2.75) is 50.4 Å². The predicted octanol–water partition coefficient (Wildman–Crippen LogP) is 3.41. The van der Waals surface area contributed by atoms with Gasteiger partial charge in [-0.3, -0.25) is 4.79 Å². The van der Waals surface area contributed by atoms with Gasteiger partial charge in [-0.25, -0.2) is 0 Å². The summed E-state index contributed by atoms with van der Waals surface area (Å²) in [5, 5.41) is 7.30. The molecule has 0 bridgehead atoms. The molecule has 1 fully saturated rings. The van der Waals surface area contributed by atoms with E-state index in [1.165, 1.54) is 25.7 Å². The van der Waals surface area contributed by atoms with Gasteiger partial charge < -0.3 is 10.6 Å². The molecule has 2 unspecified atom stereocenters. The van der Waals surface area contributed by atoms with Crippen molar-refractivity contribution < 1.29 is 4.79 Å². The highest BCUT2D eigenvalue weighted by atomic mass is 32.2. The molecule has 2 N–H and O–H groups in total. The number of anilines is 1. The molecule has 0 radical (unpaired) electrons.